The molecule has 0 amide bonds. The van der Waals surface area contributed by atoms with E-state index in [1.54, 1.807) is 12.1 Å². The summed E-state index contributed by atoms with van der Waals surface area (Å²) in [6.45, 7) is 3.67. The number of benzene rings is 1. The molecule has 1 aromatic carbocycles. The molecule has 1 aliphatic rings. The number of aromatic nitrogens is 2. The van der Waals surface area contributed by atoms with Crippen LogP contribution < -0.4 is 11.1 Å². The topological polar surface area (TPSA) is 63.8 Å². The van der Waals surface area contributed by atoms with E-state index in [0.717, 1.165) is 48.4 Å². The van der Waals surface area contributed by atoms with Crippen molar-refractivity contribution in [3.05, 3.63) is 47.2 Å². The Morgan fingerprint density at radius 1 is 1.29 bits per heavy atom. The SMILES string of the molecule is CCC(N)c1nc2c(c(-c3ccc(F)cc3)n1)CNCC2. The first-order valence-electron chi connectivity index (χ1n) is 7.31. The summed E-state index contributed by atoms with van der Waals surface area (Å²) in [4.78, 5) is 9.30. The van der Waals surface area contributed by atoms with Crippen molar-refractivity contribution in [2.24, 2.45) is 5.73 Å². The van der Waals surface area contributed by atoms with Crippen molar-refractivity contribution >= 4 is 0 Å². The summed E-state index contributed by atoms with van der Waals surface area (Å²) in [6.07, 6.45) is 1.66. The minimum Gasteiger partial charge on any atom is -0.321 e. The van der Waals surface area contributed by atoms with E-state index < -0.39 is 0 Å². The highest BCUT2D eigenvalue weighted by Gasteiger charge is 2.20. The zero-order valence-electron chi connectivity index (χ0n) is 12.1. The lowest BCUT2D eigenvalue weighted by molar-refractivity contribution is 0.597. The third kappa shape index (κ3) is 2.80. The van der Waals surface area contributed by atoms with Crippen LogP contribution in [0.25, 0.3) is 11.3 Å². The Bertz CT molecular complexity index is 639. The van der Waals surface area contributed by atoms with Crippen LogP contribution in [-0.4, -0.2) is 16.5 Å². The van der Waals surface area contributed by atoms with Crippen LogP contribution in [0.1, 0.15) is 36.5 Å². The summed E-state index contributed by atoms with van der Waals surface area (Å²) >= 11 is 0. The van der Waals surface area contributed by atoms with Gasteiger partial charge in [-0.15, -0.1) is 0 Å². The average Bonchev–Trinajstić information content (AvgIpc) is 2.54. The standard InChI is InChI=1S/C16H19FN4/c1-2-13(18)16-20-14-7-8-19-9-12(14)15(21-16)10-3-5-11(17)6-4-10/h3-6,13,19H,2,7-9,18H2,1H3. The molecular weight excluding hydrogens is 267 g/mol. The van der Waals surface area contributed by atoms with Crippen molar-refractivity contribution < 1.29 is 4.39 Å². The van der Waals surface area contributed by atoms with Gasteiger partial charge in [-0.3, -0.25) is 0 Å². The Balaban J connectivity index is 2.14. The molecule has 1 aromatic heterocycles. The Morgan fingerprint density at radius 2 is 2.05 bits per heavy atom. The van der Waals surface area contributed by atoms with Crippen LogP contribution in [0.15, 0.2) is 24.3 Å². The van der Waals surface area contributed by atoms with Gasteiger partial charge in [0.1, 0.15) is 11.6 Å². The molecule has 1 aliphatic heterocycles. The zero-order valence-corrected chi connectivity index (χ0v) is 12.1. The van der Waals surface area contributed by atoms with Gasteiger partial charge in [0.05, 0.1) is 17.4 Å². The molecule has 0 saturated carbocycles. The molecule has 0 fully saturated rings. The summed E-state index contributed by atoms with van der Waals surface area (Å²) in [6, 6.07) is 6.27. The molecule has 0 spiro atoms. The molecule has 0 bridgehead atoms. The molecule has 1 atom stereocenters. The number of nitrogens with two attached hydrogens (primary N) is 1. The van der Waals surface area contributed by atoms with Gasteiger partial charge in [-0.25, -0.2) is 14.4 Å². The molecule has 21 heavy (non-hydrogen) atoms. The van der Waals surface area contributed by atoms with Gasteiger partial charge in [-0.2, -0.15) is 0 Å². The second kappa shape index (κ2) is 5.87. The van der Waals surface area contributed by atoms with Gasteiger partial charge in [0.15, 0.2) is 0 Å². The van der Waals surface area contributed by atoms with Gasteiger partial charge in [0, 0.05) is 30.6 Å². The number of nitrogens with zero attached hydrogens (tertiary/aromatic N) is 2. The fraction of sp³-hybridized carbons (Fsp3) is 0.375. The summed E-state index contributed by atoms with van der Waals surface area (Å²) < 4.78 is 13.1. The van der Waals surface area contributed by atoms with Gasteiger partial charge in [-0.05, 0) is 30.7 Å². The van der Waals surface area contributed by atoms with Crippen molar-refractivity contribution in [1.29, 1.82) is 0 Å². The van der Waals surface area contributed by atoms with Crippen LogP contribution in [0.2, 0.25) is 0 Å². The molecule has 3 rings (SSSR count). The van der Waals surface area contributed by atoms with Crippen molar-refractivity contribution in [3.8, 4) is 11.3 Å². The Hall–Kier alpha value is -1.85. The maximum Gasteiger partial charge on any atom is 0.145 e. The van der Waals surface area contributed by atoms with Crippen molar-refractivity contribution in [2.75, 3.05) is 6.54 Å². The number of hydrogen-bond acceptors (Lipinski definition) is 4. The van der Waals surface area contributed by atoms with Crippen LogP contribution in [-0.2, 0) is 13.0 Å². The van der Waals surface area contributed by atoms with Crippen LogP contribution in [0.5, 0.6) is 0 Å². The van der Waals surface area contributed by atoms with Crippen molar-refractivity contribution in [2.45, 2.75) is 32.4 Å². The van der Waals surface area contributed by atoms with E-state index in [-0.39, 0.29) is 11.9 Å². The molecule has 2 aromatic rings. The van der Waals surface area contributed by atoms with Crippen LogP contribution in [0.4, 0.5) is 4.39 Å². The molecule has 0 radical (unpaired) electrons. The number of rotatable bonds is 3. The third-order valence-electron chi connectivity index (χ3n) is 3.84. The maximum atomic E-state index is 13.1. The summed E-state index contributed by atoms with van der Waals surface area (Å²) in [5.41, 5.74) is 10.0. The highest BCUT2D eigenvalue weighted by atomic mass is 19.1. The average molecular weight is 286 g/mol. The lowest BCUT2D eigenvalue weighted by atomic mass is 9.99. The molecule has 3 N–H and O–H groups in total. The maximum absolute atomic E-state index is 13.1. The Labute approximate surface area is 123 Å². The van der Waals surface area contributed by atoms with E-state index in [2.05, 4.69) is 15.3 Å². The van der Waals surface area contributed by atoms with Crippen LogP contribution >= 0.6 is 0 Å². The van der Waals surface area contributed by atoms with E-state index in [1.165, 1.54) is 12.1 Å². The quantitative estimate of drug-likeness (QED) is 0.909. The summed E-state index contributed by atoms with van der Waals surface area (Å²) in [5.74, 6) is 0.433. The van der Waals surface area contributed by atoms with Gasteiger partial charge in [0.2, 0.25) is 0 Å². The van der Waals surface area contributed by atoms with Crippen LogP contribution in [0, 0.1) is 5.82 Å². The Kier molecular flexibility index (Phi) is 3.94. The molecule has 0 saturated heterocycles. The first kappa shape index (κ1) is 14.1. The normalized spacial score (nSPS) is 15.6. The fourth-order valence-electron chi connectivity index (χ4n) is 2.56. The highest BCUT2D eigenvalue weighted by Crippen LogP contribution is 2.27. The van der Waals surface area contributed by atoms with E-state index in [1.807, 2.05) is 6.92 Å². The predicted molar refractivity (Wildman–Crippen MR) is 80.1 cm³/mol. The third-order valence-corrected chi connectivity index (χ3v) is 3.84. The molecule has 110 valence electrons. The van der Waals surface area contributed by atoms with Crippen LogP contribution in [0.3, 0.4) is 0 Å². The van der Waals surface area contributed by atoms with Gasteiger partial charge < -0.3 is 11.1 Å². The summed E-state index contributed by atoms with van der Waals surface area (Å²) in [7, 11) is 0. The van der Waals surface area contributed by atoms with Gasteiger partial charge in [-0.1, -0.05) is 6.92 Å². The number of hydrogen-bond donors (Lipinski definition) is 2. The van der Waals surface area contributed by atoms with E-state index in [4.69, 9.17) is 5.73 Å². The fourth-order valence-corrected chi connectivity index (χ4v) is 2.56. The largest absolute Gasteiger partial charge is 0.321 e. The summed E-state index contributed by atoms with van der Waals surface area (Å²) in [5, 5.41) is 3.34. The zero-order chi connectivity index (χ0) is 14.8. The van der Waals surface area contributed by atoms with E-state index in [9.17, 15) is 4.39 Å². The Morgan fingerprint density at radius 3 is 2.76 bits per heavy atom. The minimum atomic E-state index is -0.245. The second-order valence-electron chi connectivity index (χ2n) is 5.30. The smallest absolute Gasteiger partial charge is 0.145 e. The van der Waals surface area contributed by atoms with E-state index >= 15 is 0 Å². The van der Waals surface area contributed by atoms with Crippen molar-refractivity contribution in [1.82, 2.24) is 15.3 Å². The predicted octanol–water partition coefficient (Wildman–Crippen LogP) is 2.34. The highest BCUT2D eigenvalue weighted by molar-refractivity contribution is 5.64. The first-order chi connectivity index (χ1) is 10.2. The molecule has 2 heterocycles. The van der Waals surface area contributed by atoms with Crippen molar-refractivity contribution in [3.63, 3.8) is 0 Å². The molecular formula is C16H19FN4. The lowest BCUT2D eigenvalue weighted by Crippen LogP contribution is -2.27. The lowest BCUT2D eigenvalue weighted by Gasteiger charge is -2.21. The van der Waals surface area contributed by atoms with Gasteiger partial charge >= 0.3 is 0 Å². The minimum absolute atomic E-state index is 0.163. The first-order valence-corrected chi connectivity index (χ1v) is 7.31. The molecule has 4 nitrogen and oxygen atoms in total. The number of fused-ring (bicyclic) bond motifs is 1. The van der Waals surface area contributed by atoms with E-state index in [0.29, 0.717) is 5.82 Å². The molecule has 0 aliphatic carbocycles. The second-order valence-corrected chi connectivity index (χ2v) is 5.30. The monoisotopic (exact) mass is 286 g/mol. The number of halogens is 1. The van der Waals surface area contributed by atoms with Gasteiger partial charge in [0.25, 0.3) is 0 Å². The number of nitrogens with one attached hydrogen (secondary N) is 1. The molecule has 5 heteroatoms. The molecule has 1 unspecified atom stereocenters.